The van der Waals surface area contributed by atoms with Gasteiger partial charge in [-0.1, -0.05) is 64.8 Å². The summed E-state index contributed by atoms with van der Waals surface area (Å²) in [5.41, 5.74) is 4.35. The van der Waals surface area contributed by atoms with Crippen molar-refractivity contribution in [3.63, 3.8) is 0 Å². The van der Waals surface area contributed by atoms with Crippen molar-refractivity contribution in [3.05, 3.63) is 23.3 Å². The Morgan fingerprint density at radius 1 is 1.03 bits per heavy atom. The minimum absolute atomic E-state index is 0.0315. The van der Waals surface area contributed by atoms with Gasteiger partial charge in [0.25, 0.3) is 0 Å². The molecule has 0 saturated heterocycles. The molecule has 0 aromatic heterocycles. The van der Waals surface area contributed by atoms with Gasteiger partial charge in [0.1, 0.15) is 6.10 Å². The first kappa shape index (κ1) is 26.0. The molecular weight excluding hydrogens is 416 g/mol. The first-order chi connectivity index (χ1) is 15.8. The third-order valence-electron chi connectivity index (χ3n) is 12.0. The van der Waals surface area contributed by atoms with Crippen molar-refractivity contribution in [2.45, 2.75) is 126 Å². The zero-order valence-corrected chi connectivity index (χ0v) is 23.7. The normalized spacial score (nSPS) is 43.6. The molecule has 3 saturated carbocycles. The van der Waals surface area contributed by atoms with Crippen LogP contribution < -0.4 is 0 Å². The van der Waals surface area contributed by atoms with Crippen LogP contribution in [0.1, 0.15) is 120 Å². The quantitative estimate of drug-likeness (QED) is 0.297. The highest BCUT2D eigenvalue weighted by Gasteiger charge is 2.65. The van der Waals surface area contributed by atoms with E-state index < -0.39 is 0 Å². The fraction of sp³-hybridized carbons (Fsp3) is 0.844. The molecule has 0 amide bonds. The van der Waals surface area contributed by atoms with Crippen LogP contribution in [0.5, 0.6) is 0 Å². The number of esters is 1. The lowest BCUT2D eigenvalue weighted by atomic mass is 9.41. The molecule has 0 aromatic carbocycles. The summed E-state index contributed by atoms with van der Waals surface area (Å²) in [7, 11) is 0. The maximum atomic E-state index is 11.8. The zero-order valence-electron chi connectivity index (χ0n) is 23.7. The van der Waals surface area contributed by atoms with Crippen molar-refractivity contribution >= 4 is 5.97 Å². The van der Waals surface area contributed by atoms with Gasteiger partial charge in [-0.15, -0.1) is 0 Å². The van der Waals surface area contributed by atoms with Crippen molar-refractivity contribution in [3.8, 4) is 0 Å². The minimum Gasteiger partial charge on any atom is -0.462 e. The lowest BCUT2D eigenvalue weighted by Crippen LogP contribution is -2.58. The molecule has 0 bridgehead atoms. The van der Waals surface area contributed by atoms with Gasteiger partial charge >= 0.3 is 5.97 Å². The van der Waals surface area contributed by atoms with Gasteiger partial charge in [0, 0.05) is 12.3 Å². The summed E-state index contributed by atoms with van der Waals surface area (Å²) >= 11 is 0. The lowest BCUT2D eigenvalue weighted by molar-refractivity contribution is -0.170. The summed E-state index contributed by atoms with van der Waals surface area (Å²) in [6.45, 7) is 21.2. The molecule has 4 aliphatic carbocycles. The van der Waals surface area contributed by atoms with Crippen molar-refractivity contribution < 1.29 is 9.53 Å². The second-order valence-corrected chi connectivity index (χ2v) is 14.2. The van der Waals surface area contributed by atoms with Crippen molar-refractivity contribution in [2.75, 3.05) is 0 Å². The molecule has 0 aromatic rings. The summed E-state index contributed by atoms with van der Waals surface area (Å²) < 4.78 is 5.87. The van der Waals surface area contributed by atoms with Gasteiger partial charge in [-0.2, -0.15) is 0 Å². The van der Waals surface area contributed by atoms with Crippen molar-refractivity contribution in [1.82, 2.24) is 0 Å². The van der Waals surface area contributed by atoms with Gasteiger partial charge in [-0.05, 0) is 112 Å². The zero-order chi connectivity index (χ0) is 25.1. The van der Waals surface area contributed by atoms with Crippen LogP contribution in [-0.4, -0.2) is 12.1 Å². The van der Waals surface area contributed by atoms with E-state index in [2.05, 4.69) is 67.5 Å². The van der Waals surface area contributed by atoms with Gasteiger partial charge in [-0.25, -0.2) is 0 Å². The van der Waals surface area contributed by atoms with E-state index >= 15 is 0 Å². The molecule has 0 N–H and O–H groups in total. The van der Waals surface area contributed by atoms with Crippen LogP contribution in [0.15, 0.2) is 23.3 Å². The highest BCUT2D eigenvalue weighted by Crippen LogP contribution is 2.73. The molecule has 2 heteroatoms. The first-order valence-electron chi connectivity index (χ1n) is 14.3. The molecule has 8 atom stereocenters. The molecule has 0 radical (unpaired) electrons. The van der Waals surface area contributed by atoms with E-state index in [4.69, 9.17) is 4.74 Å². The molecular formula is C32H52O2. The molecule has 192 valence electrons. The number of rotatable bonds is 5. The van der Waals surface area contributed by atoms with E-state index in [1.54, 1.807) is 12.5 Å². The number of ether oxygens (including phenoxy) is 1. The Morgan fingerprint density at radius 2 is 1.74 bits per heavy atom. The van der Waals surface area contributed by atoms with Crippen LogP contribution in [0.2, 0.25) is 0 Å². The molecule has 0 aliphatic heterocycles. The smallest absolute Gasteiger partial charge is 0.302 e. The highest BCUT2D eigenvalue weighted by molar-refractivity contribution is 5.66. The van der Waals surface area contributed by atoms with Gasteiger partial charge < -0.3 is 4.74 Å². The molecule has 34 heavy (non-hydrogen) atoms. The van der Waals surface area contributed by atoms with Crippen LogP contribution in [0.4, 0.5) is 0 Å². The fourth-order valence-electron chi connectivity index (χ4n) is 9.90. The predicted molar refractivity (Wildman–Crippen MR) is 142 cm³/mol. The average molecular weight is 469 g/mol. The molecule has 4 rings (SSSR count). The number of allylic oxidation sites excluding steroid dienone is 4. The summed E-state index contributed by atoms with van der Waals surface area (Å²) in [4.78, 5) is 11.8. The van der Waals surface area contributed by atoms with Crippen LogP contribution in [0.3, 0.4) is 0 Å². The van der Waals surface area contributed by atoms with E-state index in [1.807, 2.05) is 0 Å². The van der Waals surface area contributed by atoms with E-state index in [9.17, 15) is 4.79 Å². The van der Waals surface area contributed by atoms with Gasteiger partial charge in [0.05, 0.1) is 0 Å². The maximum Gasteiger partial charge on any atom is 0.302 e. The standard InChI is InChI=1S/C32H52O2/c1-21(2)11-10-12-22(3)24-15-19-32(9)26-13-14-27-29(5,6)28(34-23(4)33)17-18-30(27,7)25(26)16-20-31(24,32)8/h11,16,22,24,26-28H,10,12-15,17-20H2,1-9H3. The lowest BCUT2D eigenvalue weighted by Gasteiger charge is -2.64. The Labute approximate surface area is 210 Å². The molecule has 4 aliphatic rings. The van der Waals surface area contributed by atoms with Gasteiger partial charge in [-0.3, -0.25) is 4.79 Å². The second-order valence-electron chi connectivity index (χ2n) is 14.2. The summed E-state index contributed by atoms with van der Waals surface area (Å²) in [5.74, 6) is 2.83. The van der Waals surface area contributed by atoms with Crippen LogP contribution >= 0.6 is 0 Å². The number of hydrogen-bond donors (Lipinski definition) is 0. The van der Waals surface area contributed by atoms with E-state index in [0.29, 0.717) is 16.7 Å². The molecule has 8 unspecified atom stereocenters. The number of fused-ring (bicyclic) bond motifs is 5. The van der Waals surface area contributed by atoms with Gasteiger partial charge in [0.15, 0.2) is 0 Å². The molecule has 0 heterocycles. The molecule has 3 fully saturated rings. The van der Waals surface area contributed by atoms with Gasteiger partial charge in [0.2, 0.25) is 0 Å². The van der Waals surface area contributed by atoms with Crippen LogP contribution in [0.25, 0.3) is 0 Å². The Kier molecular flexibility index (Phi) is 6.74. The second kappa shape index (κ2) is 8.81. The molecule has 0 spiro atoms. The van der Waals surface area contributed by atoms with Crippen LogP contribution in [-0.2, 0) is 9.53 Å². The van der Waals surface area contributed by atoms with E-state index in [1.165, 1.54) is 50.5 Å². The third-order valence-corrected chi connectivity index (χ3v) is 12.0. The number of hydrogen-bond acceptors (Lipinski definition) is 2. The largest absolute Gasteiger partial charge is 0.462 e. The van der Waals surface area contributed by atoms with E-state index in [-0.39, 0.29) is 22.9 Å². The van der Waals surface area contributed by atoms with Crippen molar-refractivity contribution in [1.29, 1.82) is 0 Å². The summed E-state index contributed by atoms with van der Waals surface area (Å²) in [6.07, 6.45) is 16.6. The predicted octanol–water partition coefficient (Wildman–Crippen LogP) is 8.91. The highest BCUT2D eigenvalue weighted by atomic mass is 16.5. The topological polar surface area (TPSA) is 26.3 Å². The Morgan fingerprint density at radius 3 is 2.38 bits per heavy atom. The number of carbonyl (C=O) groups excluding carboxylic acids is 1. The number of carbonyl (C=O) groups is 1. The average Bonchev–Trinajstić information content (AvgIpc) is 3.01. The summed E-state index contributed by atoms with van der Waals surface area (Å²) in [5, 5.41) is 0. The Bertz CT molecular complexity index is 860. The van der Waals surface area contributed by atoms with Crippen LogP contribution in [0, 0.1) is 45.3 Å². The van der Waals surface area contributed by atoms with E-state index in [0.717, 1.165) is 30.6 Å². The summed E-state index contributed by atoms with van der Waals surface area (Å²) in [6, 6.07) is 0. The van der Waals surface area contributed by atoms with Crippen molar-refractivity contribution in [2.24, 2.45) is 45.3 Å². The third kappa shape index (κ3) is 3.85. The Balaban J connectivity index is 1.61. The monoisotopic (exact) mass is 468 g/mol. The Hall–Kier alpha value is -1.05. The SMILES string of the molecule is CC(=O)OC1CCC2(C)C3=CCC4(C)C(C(C)CCC=C(C)C)CCC4(C)C3CCC2C1(C)C. The molecule has 2 nitrogen and oxygen atoms in total. The minimum atomic E-state index is -0.119. The maximum absolute atomic E-state index is 11.8. The first-order valence-corrected chi connectivity index (χ1v) is 14.3. The fourth-order valence-corrected chi connectivity index (χ4v) is 9.90.